The molecule has 2 aromatic heterocycles. The Hall–Kier alpha value is -2.43. The number of nitrogens with two attached hydrogens (primary N) is 1. The Morgan fingerprint density at radius 1 is 1.25 bits per heavy atom. The van der Waals surface area contributed by atoms with Crippen LogP contribution in [0, 0.1) is 5.82 Å². The molecule has 3 aromatic rings. The molecular weight excluding hydrogens is 255 g/mol. The third kappa shape index (κ3) is 2.11. The molecule has 0 fully saturated rings. The number of aromatic nitrogens is 3. The number of halogens is 1. The van der Waals surface area contributed by atoms with Gasteiger partial charge in [-0.1, -0.05) is 13.8 Å². The molecule has 0 amide bonds. The van der Waals surface area contributed by atoms with Crippen molar-refractivity contribution in [2.45, 2.75) is 19.8 Å². The van der Waals surface area contributed by atoms with Gasteiger partial charge in [-0.3, -0.25) is 0 Å². The van der Waals surface area contributed by atoms with Crippen molar-refractivity contribution < 1.29 is 4.39 Å². The summed E-state index contributed by atoms with van der Waals surface area (Å²) in [6, 6.07) is 6.45. The molecule has 3 rings (SSSR count). The van der Waals surface area contributed by atoms with Gasteiger partial charge in [0.2, 0.25) is 0 Å². The Morgan fingerprint density at radius 2 is 2.05 bits per heavy atom. The number of pyridine rings is 1. The van der Waals surface area contributed by atoms with Crippen molar-refractivity contribution in [3.63, 3.8) is 0 Å². The number of fused-ring (bicyclic) bond motifs is 1. The summed E-state index contributed by atoms with van der Waals surface area (Å²) in [5, 5.41) is 5.18. The SMILES string of the molecule is CC(C)c1cnc2nn(-c3cc(N)ccc3F)cc2c1. The quantitative estimate of drug-likeness (QED) is 0.727. The van der Waals surface area contributed by atoms with Crippen LogP contribution in [-0.2, 0) is 0 Å². The fraction of sp³-hybridized carbons (Fsp3) is 0.200. The largest absolute Gasteiger partial charge is 0.399 e. The number of rotatable bonds is 2. The van der Waals surface area contributed by atoms with E-state index in [1.165, 1.54) is 16.8 Å². The summed E-state index contributed by atoms with van der Waals surface area (Å²) in [5.74, 6) is 0.0236. The van der Waals surface area contributed by atoms with E-state index in [2.05, 4.69) is 23.9 Å². The van der Waals surface area contributed by atoms with Crippen LogP contribution in [0.4, 0.5) is 10.1 Å². The Balaban J connectivity index is 2.15. The smallest absolute Gasteiger partial charge is 0.181 e. The standard InChI is InChI=1S/C15H15FN4/c1-9(2)10-5-11-8-20(19-15(11)18-7-10)14-6-12(17)3-4-13(14)16/h3-9H,17H2,1-2H3. The number of hydrogen-bond donors (Lipinski definition) is 1. The summed E-state index contributed by atoms with van der Waals surface area (Å²) in [4.78, 5) is 4.32. The molecule has 1 aromatic carbocycles. The van der Waals surface area contributed by atoms with E-state index < -0.39 is 0 Å². The van der Waals surface area contributed by atoms with Gasteiger partial charge in [0.15, 0.2) is 5.65 Å². The van der Waals surface area contributed by atoms with Gasteiger partial charge < -0.3 is 5.73 Å². The van der Waals surface area contributed by atoms with Crippen LogP contribution in [0.5, 0.6) is 0 Å². The fourth-order valence-electron chi connectivity index (χ4n) is 2.08. The highest BCUT2D eigenvalue weighted by molar-refractivity contribution is 5.75. The molecule has 0 aliphatic rings. The molecule has 5 heteroatoms. The van der Waals surface area contributed by atoms with E-state index in [1.54, 1.807) is 18.5 Å². The molecule has 102 valence electrons. The highest BCUT2D eigenvalue weighted by atomic mass is 19.1. The molecule has 0 saturated carbocycles. The second-order valence-corrected chi connectivity index (χ2v) is 5.12. The highest BCUT2D eigenvalue weighted by Crippen LogP contribution is 2.22. The predicted molar refractivity (Wildman–Crippen MR) is 77.3 cm³/mol. The lowest BCUT2D eigenvalue weighted by molar-refractivity contribution is 0.612. The van der Waals surface area contributed by atoms with Gasteiger partial charge in [0.1, 0.15) is 11.5 Å². The second kappa shape index (κ2) is 4.59. The van der Waals surface area contributed by atoms with Gasteiger partial charge in [0.05, 0.1) is 0 Å². The minimum Gasteiger partial charge on any atom is -0.399 e. The summed E-state index contributed by atoms with van der Waals surface area (Å²) in [6.45, 7) is 4.20. The summed E-state index contributed by atoms with van der Waals surface area (Å²) in [6.07, 6.45) is 3.58. The summed E-state index contributed by atoms with van der Waals surface area (Å²) in [5.41, 5.74) is 8.25. The van der Waals surface area contributed by atoms with Crippen LogP contribution >= 0.6 is 0 Å². The summed E-state index contributed by atoms with van der Waals surface area (Å²) in [7, 11) is 0. The first-order valence-electron chi connectivity index (χ1n) is 6.45. The third-order valence-corrected chi connectivity index (χ3v) is 3.26. The van der Waals surface area contributed by atoms with E-state index in [-0.39, 0.29) is 5.82 Å². The van der Waals surface area contributed by atoms with Gasteiger partial charge in [-0.15, -0.1) is 5.10 Å². The zero-order valence-corrected chi connectivity index (χ0v) is 11.3. The van der Waals surface area contributed by atoms with Crippen molar-refractivity contribution in [3.05, 3.63) is 48.0 Å². The third-order valence-electron chi connectivity index (χ3n) is 3.26. The zero-order chi connectivity index (χ0) is 14.3. The van der Waals surface area contributed by atoms with Gasteiger partial charge in [-0.05, 0) is 35.7 Å². The van der Waals surface area contributed by atoms with E-state index in [9.17, 15) is 4.39 Å². The van der Waals surface area contributed by atoms with Gasteiger partial charge in [0.25, 0.3) is 0 Å². The topological polar surface area (TPSA) is 56.7 Å². The van der Waals surface area contributed by atoms with Crippen LogP contribution in [0.1, 0.15) is 25.3 Å². The average molecular weight is 270 g/mol. The van der Waals surface area contributed by atoms with Crippen molar-refractivity contribution in [3.8, 4) is 5.69 Å². The van der Waals surface area contributed by atoms with Gasteiger partial charge >= 0.3 is 0 Å². The van der Waals surface area contributed by atoms with Gasteiger partial charge in [-0.25, -0.2) is 14.1 Å². The molecule has 0 atom stereocenters. The lowest BCUT2D eigenvalue weighted by Gasteiger charge is -2.03. The van der Waals surface area contributed by atoms with Crippen molar-refractivity contribution in [1.29, 1.82) is 0 Å². The van der Waals surface area contributed by atoms with E-state index in [4.69, 9.17) is 5.73 Å². The minimum absolute atomic E-state index is 0.328. The first kappa shape index (κ1) is 12.6. The van der Waals surface area contributed by atoms with Crippen LogP contribution in [0.15, 0.2) is 36.7 Å². The van der Waals surface area contributed by atoms with E-state index in [1.807, 2.05) is 6.07 Å². The van der Waals surface area contributed by atoms with E-state index in [0.29, 0.717) is 22.9 Å². The monoisotopic (exact) mass is 270 g/mol. The lowest BCUT2D eigenvalue weighted by atomic mass is 10.1. The average Bonchev–Trinajstić information content (AvgIpc) is 2.83. The van der Waals surface area contributed by atoms with Gasteiger partial charge in [-0.2, -0.15) is 0 Å². The van der Waals surface area contributed by atoms with Crippen molar-refractivity contribution >= 4 is 16.7 Å². The number of nitrogens with zero attached hydrogens (tertiary/aromatic N) is 3. The molecule has 0 spiro atoms. The number of nitrogen functional groups attached to an aromatic ring is 1. The Labute approximate surface area is 116 Å². The number of hydrogen-bond acceptors (Lipinski definition) is 3. The van der Waals surface area contributed by atoms with Gasteiger partial charge in [0, 0.05) is 23.5 Å². The lowest BCUT2D eigenvalue weighted by Crippen LogP contribution is -1.99. The zero-order valence-electron chi connectivity index (χ0n) is 11.3. The maximum Gasteiger partial charge on any atom is 0.181 e. The molecule has 2 N–H and O–H groups in total. The van der Waals surface area contributed by atoms with Crippen molar-refractivity contribution in [2.24, 2.45) is 0 Å². The fourth-order valence-corrected chi connectivity index (χ4v) is 2.08. The second-order valence-electron chi connectivity index (χ2n) is 5.12. The molecule has 20 heavy (non-hydrogen) atoms. The Bertz CT molecular complexity index is 777. The number of anilines is 1. The molecule has 0 aliphatic carbocycles. The van der Waals surface area contributed by atoms with Crippen LogP contribution in [0.2, 0.25) is 0 Å². The molecule has 4 nitrogen and oxygen atoms in total. The number of benzene rings is 1. The Kier molecular flexibility index (Phi) is 2.89. The van der Waals surface area contributed by atoms with E-state index >= 15 is 0 Å². The van der Waals surface area contributed by atoms with Crippen LogP contribution < -0.4 is 5.73 Å². The molecule has 0 bridgehead atoms. The summed E-state index contributed by atoms with van der Waals surface area (Å²) < 4.78 is 15.3. The van der Waals surface area contributed by atoms with E-state index in [0.717, 1.165) is 10.9 Å². The Morgan fingerprint density at radius 3 is 2.80 bits per heavy atom. The molecule has 0 radical (unpaired) electrons. The molecule has 0 saturated heterocycles. The first-order valence-corrected chi connectivity index (χ1v) is 6.45. The minimum atomic E-state index is -0.365. The first-order chi connectivity index (χ1) is 9.54. The molecule has 0 aliphatic heterocycles. The maximum atomic E-state index is 13.9. The van der Waals surface area contributed by atoms with Crippen LogP contribution in [0.3, 0.4) is 0 Å². The maximum absolute atomic E-state index is 13.9. The van der Waals surface area contributed by atoms with Crippen LogP contribution in [0.25, 0.3) is 16.7 Å². The predicted octanol–water partition coefficient (Wildman–Crippen LogP) is 3.27. The van der Waals surface area contributed by atoms with Crippen LogP contribution in [-0.4, -0.2) is 14.8 Å². The van der Waals surface area contributed by atoms with Crippen molar-refractivity contribution in [1.82, 2.24) is 14.8 Å². The summed E-state index contributed by atoms with van der Waals surface area (Å²) >= 11 is 0. The highest BCUT2D eigenvalue weighted by Gasteiger charge is 2.10. The molecule has 2 heterocycles. The normalized spacial score (nSPS) is 11.4. The van der Waals surface area contributed by atoms with Crippen molar-refractivity contribution in [2.75, 3.05) is 5.73 Å². The molecular formula is C15H15FN4. The molecule has 0 unspecified atom stereocenters.